The minimum absolute atomic E-state index is 0.0978. The molecule has 9 heteroatoms. The number of nitrogen functional groups attached to an aromatic ring is 1. The van der Waals surface area contributed by atoms with Gasteiger partial charge in [0, 0.05) is 17.8 Å². The average Bonchev–Trinajstić information content (AvgIpc) is 2.66. The lowest BCUT2D eigenvalue weighted by Gasteiger charge is -2.32. The van der Waals surface area contributed by atoms with Gasteiger partial charge >= 0.3 is 13.5 Å². The second-order valence-corrected chi connectivity index (χ2v) is 6.85. The number of hydrogen-bond donors (Lipinski definition) is 2. The van der Waals surface area contributed by atoms with E-state index in [1.807, 2.05) is 27.7 Å². The predicted octanol–water partition coefficient (Wildman–Crippen LogP) is 3.14. The van der Waals surface area contributed by atoms with Gasteiger partial charge in [0.1, 0.15) is 5.75 Å². The zero-order valence-corrected chi connectivity index (χ0v) is 14.6. The highest BCUT2D eigenvalue weighted by Gasteiger charge is 2.52. The Bertz CT molecular complexity index is 659. The lowest BCUT2D eigenvalue weighted by Crippen LogP contribution is -2.41. The molecule has 0 saturated carbocycles. The lowest BCUT2D eigenvalue weighted by atomic mass is 9.77. The van der Waals surface area contributed by atoms with Crippen molar-refractivity contribution >= 4 is 18.9 Å². The van der Waals surface area contributed by atoms with E-state index in [4.69, 9.17) is 20.8 Å². The smallest absolute Gasteiger partial charge is 0.406 e. The van der Waals surface area contributed by atoms with Gasteiger partial charge in [0.05, 0.1) is 11.2 Å². The topological polar surface area (TPSA) is 79.7 Å². The van der Waals surface area contributed by atoms with Gasteiger partial charge in [-0.05, 0) is 51.4 Å². The van der Waals surface area contributed by atoms with Gasteiger partial charge in [-0.2, -0.15) is 0 Å². The van der Waals surface area contributed by atoms with Crippen molar-refractivity contribution in [2.24, 2.45) is 5.73 Å². The maximum absolute atomic E-state index is 12.4. The summed E-state index contributed by atoms with van der Waals surface area (Å²) in [6.45, 7) is 7.68. The van der Waals surface area contributed by atoms with Crippen LogP contribution in [0.3, 0.4) is 0 Å². The number of nitrogens with two attached hydrogens (primary N) is 2. The first-order chi connectivity index (χ1) is 11.3. The fraction of sp³-hybridized carbons (Fsp3) is 0.500. The predicted molar refractivity (Wildman–Crippen MR) is 90.7 cm³/mol. The van der Waals surface area contributed by atoms with Crippen molar-refractivity contribution in [2.75, 3.05) is 12.3 Å². The van der Waals surface area contributed by atoms with Crippen LogP contribution in [0, 0.1) is 0 Å². The number of alkyl halides is 3. The zero-order valence-electron chi connectivity index (χ0n) is 14.6. The molecular weight excluding hydrogens is 336 g/mol. The molecule has 4 N–H and O–H groups in total. The number of rotatable bonds is 4. The molecule has 1 fully saturated rings. The van der Waals surface area contributed by atoms with E-state index in [2.05, 4.69) is 4.74 Å². The van der Waals surface area contributed by atoms with Crippen molar-refractivity contribution in [3.63, 3.8) is 0 Å². The van der Waals surface area contributed by atoms with E-state index in [0.29, 0.717) is 11.0 Å². The second kappa shape index (κ2) is 6.55. The summed E-state index contributed by atoms with van der Waals surface area (Å²) in [5.74, 6) is -0.363. The third-order valence-electron chi connectivity index (χ3n) is 4.42. The van der Waals surface area contributed by atoms with Gasteiger partial charge in [-0.15, -0.1) is 13.2 Å². The summed E-state index contributed by atoms with van der Waals surface area (Å²) in [6.07, 6.45) is -3.21. The van der Waals surface area contributed by atoms with E-state index in [1.165, 1.54) is 12.1 Å². The highest BCUT2D eigenvalue weighted by Crippen LogP contribution is 2.39. The molecule has 1 aliphatic rings. The van der Waals surface area contributed by atoms with Gasteiger partial charge in [0.25, 0.3) is 0 Å². The van der Waals surface area contributed by atoms with E-state index in [1.54, 1.807) is 6.08 Å². The summed E-state index contributed by atoms with van der Waals surface area (Å²) >= 11 is 0. The third kappa shape index (κ3) is 4.48. The molecular formula is C16H22BF3N2O3. The van der Waals surface area contributed by atoms with Crippen LogP contribution in [0.1, 0.15) is 33.3 Å². The molecule has 0 aromatic heterocycles. The molecule has 138 valence electrons. The number of benzene rings is 1. The first-order valence-electron chi connectivity index (χ1n) is 7.76. The van der Waals surface area contributed by atoms with Crippen molar-refractivity contribution in [3.8, 4) is 5.75 Å². The third-order valence-corrected chi connectivity index (χ3v) is 4.42. The molecule has 1 heterocycles. The number of anilines is 1. The fourth-order valence-electron chi connectivity index (χ4n) is 2.29. The molecule has 1 saturated heterocycles. The molecule has 1 aromatic rings. The Hall–Kier alpha value is -1.71. The lowest BCUT2D eigenvalue weighted by molar-refractivity contribution is -0.274. The molecule has 2 rings (SSSR count). The van der Waals surface area contributed by atoms with Gasteiger partial charge < -0.3 is 25.5 Å². The molecule has 0 bridgehead atoms. The molecule has 0 amide bonds. The Kier molecular flexibility index (Phi) is 5.14. The Morgan fingerprint density at radius 1 is 1.20 bits per heavy atom. The molecule has 0 aliphatic carbocycles. The van der Waals surface area contributed by atoms with E-state index in [0.717, 1.165) is 6.07 Å². The van der Waals surface area contributed by atoms with Crippen LogP contribution in [0.25, 0.3) is 6.08 Å². The molecule has 0 atom stereocenters. The molecule has 0 spiro atoms. The normalized spacial score (nSPS) is 20.0. The van der Waals surface area contributed by atoms with E-state index in [9.17, 15) is 13.2 Å². The molecule has 0 unspecified atom stereocenters. The average molecular weight is 358 g/mol. The Balaban J connectivity index is 2.32. The Morgan fingerprint density at radius 2 is 1.76 bits per heavy atom. The van der Waals surface area contributed by atoms with E-state index in [-0.39, 0.29) is 18.0 Å². The molecule has 0 radical (unpaired) electrons. The summed E-state index contributed by atoms with van der Waals surface area (Å²) in [7, 11) is -0.707. The van der Waals surface area contributed by atoms with Crippen LogP contribution < -0.4 is 16.2 Å². The zero-order chi connectivity index (χ0) is 19.0. The first kappa shape index (κ1) is 19.6. The molecule has 1 aliphatic heterocycles. The molecule has 5 nitrogen and oxygen atoms in total. The second-order valence-electron chi connectivity index (χ2n) is 6.85. The van der Waals surface area contributed by atoms with Crippen molar-refractivity contribution in [2.45, 2.75) is 45.3 Å². The van der Waals surface area contributed by atoms with Gasteiger partial charge in [-0.3, -0.25) is 0 Å². The quantitative estimate of drug-likeness (QED) is 0.639. The van der Waals surface area contributed by atoms with Crippen molar-refractivity contribution in [3.05, 3.63) is 29.2 Å². The van der Waals surface area contributed by atoms with Gasteiger partial charge in [0.2, 0.25) is 0 Å². The van der Waals surface area contributed by atoms with Crippen molar-refractivity contribution in [1.29, 1.82) is 0 Å². The number of hydrogen-bond acceptors (Lipinski definition) is 5. The van der Waals surface area contributed by atoms with Crippen LogP contribution in [0.2, 0.25) is 0 Å². The molecule has 25 heavy (non-hydrogen) atoms. The van der Waals surface area contributed by atoms with Crippen LogP contribution in [0.4, 0.5) is 18.9 Å². The van der Waals surface area contributed by atoms with Crippen LogP contribution >= 0.6 is 0 Å². The minimum atomic E-state index is -4.78. The summed E-state index contributed by atoms with van der Waals surface area (Å²) in [6, 6.07) is 3.69. The van der Waals surface area contributed by atoms with Gasteiger partial charge in [-0.25, -0.2) is 0 Å². The minimum Gasteiger partial charge on any atom is -0.406 e. The van der Waals surface area contributed by atoms with Crippen molar-refractivity contribution in [1.82, 2.24) is 0 Å². The van der Waals surface area contributed by atoms with Crippen LogP contribution in [0.5, 0.6) is 5.75 Å². The van der Waals surface area contributed by atoms with Crippen molar-refractivity contribution < 1.29 is 27.2 Å². The van der Waals surface area contributed by atoms with Gasteiger partial charge in [0.15, 0.2) is 0 Å². The fourth-order valence-corrected chi connectivity index (χ4v) is 2.29. The maximum atomic E-state index is 12.4. The van der Waals surface area contributed by atoms with E-state index >= 15 is 0 Å². The summed E-state index contributed by atoms with van der Waals surface area (Å²) in [5, 5.41) is 0. The monoisotopic (exact) mass is 358 g/mol. The molecule has 1 aromatic carbocycles. The van der Waals surface area contributed by atoms with Crippen LogP contribution in [-0.4, -0.2) is 31.2 Å². The Morgan fingerprint density at radius 3 is 2.24 bits per heavy atom. The standard InChI is InChI=1S/C16H22BF3N2O3/c1-14(2)15(3,4)25-17(24-14)11(9-21)7-10-8-12(5-6-13(10)22)23-16(18,19)20/h5-8H,9,21-22H2,1-4H3. The number of halogens is 3. The number of ether oxygens (including phenoxy) is 1. The summed E-state index contributed by atoms with van der Waals surface area (Å²) in [4.78, 5) is 0. The summed E-state index contributed by atoms with van der Waals surface area (Å²) < 4.78 is 52.9. The summed E-state index contributed by atoms with van der Waals surface area (Å²) in [5.41, 5.74) is 11.7. The van der Waals surface area contributed by atoms with E-state index < -0.39 is 24.7 Å². The largest absolute Gasteiger partial charge is 0.573 e. The maximum Gasteiger partial charge on any atom is 0.573 e. The highest BCUT2D eigenvalue weighted by atomic mass is 19.4. The highest BCUT2D eigenvalue weighted by molar-refractivity contribution is 6.56. The van der Waals surface area contributed by atoms with Gasteiger partial charge in [-0.1, -0.05) is 6.08 Å². The Labute approximate surface area is 145 Å². The first-order valence-corrected chi connectivity index (χ1v) is 7.76. The van der Waals surface area contributed by atoms with Crippen LogP contribution in [-0.2, 0) is 9.31 Å². The SMILES string of the molecule is CC1(C)OB(C(=Cc2cc(OC(F)(F)F)ccc2N)CN)OC1(C)C. The van der Waals surface area contributed by atoms with Crippen LogP contribution in [0.15, 0.2) is 23.7 Å².